The smallest absolute Gasteiger partial charge is 0.474 e. The van der Waals surface area contributed by atoms with Crippen LogP contribution in [0, 0.1) is 11.3 Å². The van der Waals surface area contributed by atoms with E-state index in [1.54, 1.807) is 39.5 Å². The van der Waals surface area contributed by atoms with Crippen molar-refractivity contribution >= 4 is 12.0 Å². The lowest BCUT2D eigenvalue weighted by atomic mass is 9.92. The summed E-state index contributed by atoms with van der Waals surface area (Å²) < 4.78 is 52.4. The van der Waals surface area contributed by atoms with E-state index in [0.717, 1.165) is 6.07 Å². The van der Waals surface area contributed by atoms with Crippen LogP contribution in [-0.4, -0.2) is 59.6 Å². The lowest BCUT2D eigenvalue weighted by Crippen LogP contribution is -2.48. The molecule has 1 fully saturated rings. The van der Waals surface area contributed by atoms with Gasteiger partial charge >= 0.3 is 12.5 Å². The van der Waals surface area contributed by atoms with Gasteiger partial charge in [0.05, 0.1) is 11.5 Å². The molecule has 1 N–H and O–H groups in total. The molecule has 2 amide bonds. The average molecular weight is 461 g/mol. The van der Waals surface area contributed by atoms with Crippen LogP contribution in [0.2, 0.25) is 0 Å². The van der Waals surface area contributed by atoms with Gasteiger partial charge in [0.25, 0.3) is 5.88 Å². The Morgan fingerprint density at radius 2 is 1.84 bits per heavy atom. The van der Waals surface area contributed by atoms with Crippen LogP contribution in [-0.2, 0) is 9.53 Å². The van der Waals surface area contributed by atoms with E-state index in [4.69, 9.17) is 9.47 Å². The lowest BCUT2D eigenvalue weighted by Gasteiger charge is -2.27. The number of carbonyl (C=O) groups excluding carboxylic acids is 2. The minimum Gasteiger partial charge on any atom is -0.474 e. The van der Waals surface area contributed by atoms with Gasteiger partial charge < -0.3 is 24.4 Å². The summed E-state index contributed by atoms with van der Waals surface area (Å²) in [4.78, 5) is 30.4. The summed E-state index contributed by atoms with van der Waals surface area (Å²) in [6.07, 6.45) is -4.08. The molecule has 0 radical (unpaired) electrons. The number of halogens is 3. The number of hydrogen-bond acceptors (Lipinski definition) is 6. The minimum absolute atomic E-state index is 0.00855. The van der Waals surface area contributed by atoms with Crippen LogP contribution in [0.15, 0.2) is 18.3 Å². The highest BCUT2D eigenvalue weighted by atomic mass is 19.4. The molecule has 32 heavy (non-hydrogen) atoms. The summed E-state index contributed by atoms with van der Waals surface area (Å²) in [5, 5.41) is 2.91. The fraction of sp³-hybridized carbons (Fsp3) is 0.667. The molecule has 1 aliphatic rings. The van der Waals surface area contributed by atoms with E-state index in [1.807, 2.05) is 6.92 Å². The molecular formula is C21H30F3N3O5. The first kappa shape index (κ1) is 25.5. The molecule has 1 saturated heterocycles. The Labute approximate surface area is 185 Å². The number of hydrogen-bond donors (Lipinski definition) is 1. The number of aromatic nitrogens is 1. The van der Waals surface area contributed by atoms with Gasteiger partial charge in [-0.15, -0.1) is 13.2 Å². The van der Waals surface area contributed by atoms with Crippen LogP contribution < -0.4 is 14.8 Å². The molecule has 0 saturated carbocycles. The topological polar surface area (TPSA) is 90.0 Å². The van der Waals surface area contributed by atoms with Crippen molar-refractivity contribution in [2.24, 2.45) is 11.3 Å². The number of ether oxygens (including phenoxy) is 3. The highest BCUT2D eigenvalue weighted by Gasteiger charge is 2.39. The molecular weight excluding hydrogens is 431 g/mol. The van der Waals surface area contributed by atoms with Crippen molar-refractivity contribution in [1.82, 2.24) is 15.2 Å². The first-order chi connectivity index (χ1) is 14.6. The van der Waals surface area contributed by atoms with Gasteiger partial charge in [-0.05, 0) is 52.7 Å². The van der Waals surface area contributed by atoms with Gasteiger partial charge in [0.1, 0.15) is 12.2 Å². The molecule has 2 rings (SSSR count). The van der Waals surface area contributed by atoms with Crippen molar-refractivity contribution in [2.45, 2.75) is 59.5 Å². The van der Waals surface area contributed by atoms with Crippen LogP contribution in [0.5, 0.6) is 11.6 Å². The maximum absolute atomic E-state index is 12.8. The molecule has 11 heteroatoms. The monoisotopic (exact) mass is 461 g/mol. The number of carbonyl (C=O) groups is 2. The van der Waals surface area contributed by atoms with E-state index >= 15 is 0 Å². The number of alkyl halides is 3. The molecule has 2 heterocycles. The highest BCUT2D eigenvalue weighted by Crippen LogP contribution is 2.31. The molecule has 0 aliphatic carbocycles. The summed E-state index contributed by atoms with van der Waals surface area (Å²) in [5.41, 5.74) is -1.72. The van der Waals surface area contributed by atoms with Crippen LogP contribution in [0.3, 0.4) is 0 Å². The molecule has 0 unspecified atom stereocenters. The molecule has 2 atom stereocenters. The fourth-order valence-electron chi connectivity index (χ4n) is 3.00. The van der Waals surface area contributed by atoms with E-state index in [1.165, 1.54) is 12.3 Å². The second kappa shape index (κ2) is 9.41. The van der Waals surface area contributed by atoms with E-state index in [-0.39, 0.29) is 30.4 Å². The molecule has 1 aromatic heterocycles. The van der Waals surface area contributed by atoms with Crippen molar-refractivity contribution in [3.8, 4) is 11.6 Å². The van der Waals surface area contributed by atoms with Crippen LogP contribution >= 0.6 is 0 Å². The van der Waals surface area contributed by atoms with E-state index in [0.29, 0.717) is 13.1 Å². The Kier molecular flexibility index (Phi) is 7.51. The molecule has 0 spiro atoms. The number of nitrogens with zero attached hydrogens (tertiary/aromatic N) is 2. The van der Waals surface area contributed by atoms with Gasteiger partial charge in [-0.3, -0.25) is 4.79 Å². The Bertz CT molecular complexity index is 824. The SMILES string of the molecule is C[C@@H]1CN(C(=O)OC(C)(C)C)C[C@H]1NC(=O)C(C)(C)COc1ncccc1OC(F)(F)F. The maximum Gasteiger partial charge on any atom is 0.573 e. The predicted octanol–water partition coefficient (Wildman–Crippen LogP) is 3.76. The van der Waals surface area contributed by atoms with Gasteiger partial charge in [-0.25, -0.2) is 9.78 Å². The van der Waals surface area contributed by atoms with Crippen molar-refractivity contribution in [3.63, 3.8) is 0 Å². The Balaban J connectivity index is 1.96. The summed E-state index contributed by atoms with van der Waals surface area (Å²) >= 11 is 0. The summed E-state index contributed by atoms with van der Waals surface area (Å²) in [6.45, 7) is 10.9. The standard InChI is InChI=1S/C21H30F3N3O5/c1-13-10-27(18(29)32-19(2,3)4)11-14(13)26-17(28)20(5,6)12-30-16-15(8-7-9-25-16)31-21(22,23)24/h7-9,13-14H,10-12H2,1-6H3,(H,26,28)/t13-,14-/m1/s1. The lowest BCUT2D eigenvalue weighted by molar-refractivity contribution is -0.275. The van der Waals surface area contributed by atoms with Crippen LogP contribution in [0.4, 0.5) is 18.0 Å². The summed E-state index contributed by atoms with van der Waals surface area (Å²) in [5.74, 6) is -1.33. The Morgan fingerprint density at radius 3 is 2.44 bits per heavy atom. The molecule has 180 valence electrons. The number of likely N-dealkylation sites (tertiary alicyclic amines) is 1. The number of amides is 2. The van der Waals surface area contributed by atoms with Gasteiger partial charge in [0.15, 0.2) is 5.75 Å². The van der Waals surface area contributed by atoms with Gasteiger partial charge in [-0.1, -0.05) is 6.92 Å². The van der Waals surface area contributed by atoms with Crippen LogP contribution in [0.25, 0.3) is 0 Å². The summed E-state index contributed by atoms with van der Waals surface area (Å²) in [7, 11) is 0. The van der Waals surface area contributed by atoms with Gasteiger partial charge in [0, 0.05) is 19.3 Å². The second-order valence-electron chi connectivity index (χ2n) is 9.47. The third-order valence-corrected chi connectivity index (χ3v) is 4.73. The maximum atomic E-state index is 12.8. The molecule has 8 nitrogen and oxygen atoms in total. The number of rotatable bonds is 6. The minimum atomic E-state index is -4.90. The largest absolute Gasteiger partial charge is 0.573 e. The zero-order valence-electron chi connectivity index (χ0n) is 19.1. The second-order valence-corrected chi connectivity index (χ2v) is 9.47. The van der Waals surface area contributed by atoms with E-state index < -0.39 is 29.2 Å². The van der Waals surface area contributed by atoms with E-state index in [2.05, 4.69) is 15.0 Å². The first-order valence-corrected chi connectivity index (χ1v) is 10.2. The van der Waals surface area contributed by atoms with Gasteiger partial charge in [-0.2, -0.15) is 0 Å². The summed E-state index contributed by atoms with van der Waals surface area (Å²) in [6, 6.07) is 2.06. The molecule has 1 aliphatic heterocycles. The quantitative estimate of drug-likeness (QED) is 0.694. The number of nitrogens with one attached hydrogen (secondary N) is 1. The molecule has 0 bridgehead atoms. The predicted molar refractivity (Wildman–Crippen MR) is 109 cm³/mol. The third kappa shape index (κ3) is 7.45. The van der Waals surface area contributed by atoms with Crippen molar-refractivity contribution in [2.75, 3.05) is 19.7 Å². The number of pyridine rings is 1. The highest BCUT2D eigenvalue weighted by molar-refractivity contribution is 5.82. The third-order valence-electron chi connectivity index (χ3n) is 4.73. The molecule has 1 aromatic rings. The normalized spacial score (nSPS) is 19.5. The average Bonchev–Trinajstić information content (AvgIpc) is 2.99. The van der Waals surface area contributed by atoms with E-state index in [9.17, 15) is 22.8 Å². The zero-order chi connectivity index (χ0) is 24.3. The van der Waals surface area contributed by atoms with Gasteiger partial charge in [0.2, 0.25) is 5.91 Å². The van der Waals surface area contributed by atoms with Crippen molar-refractivity contribution < 1.29 is 37.0 Å². The zero-order valence-corrected chi connectivity index (χ0v) is 19.1. The molecule has 0 aromatic carbocycles. The fourth-order valence-corrected chi connectivity index (χ4v) is 3.00. The van der Waals surface area contributed by atoms with Crippen LogP contribution in [0.1, 0.15) is 41.5 Å². The van der Waals surface area contributed by atoms with Crippen molar-refractivity contribution in [3.05, 3.63) is 18.3 Å². The Morgan fingerprint density at radius 1 is 1.19 bits per heavy atom. The van der Waals surface area contributed by atoms with Crippen molar-refractivity contribution in [1.29, 1.82) is 0 Å². The first-order valence-electron chi connectivity index (χ1n) is 10.2. The Hall–Kier alpha value is -2.72.